The molecule has 1 saturated heterocycles. The second kappa shape index (κ2) is 12.9. The van der Waals surface area contributed by atoms with E-state index in [1.54, 1.807) is 19.2 Å². The lowest BCUT2D eigenvalue weighted by atomic mass is 9.99. The molecular weight excluding hydrogens is 589 g/mol. The summed E-state index contributed by atoms with van der Waals surface area (Å²) in [5, 5.41) is 2.89. The number of rotatable bonds is 9. The molecule has 5 heterocycles. The summed E-state index contributed by atoms with van der Waals surface area (Å²) in [4.78, 5) is 37.0. The van der Waals surface area contributed by atoms with Crippen LogP contribution in [0.2, 0.25) is 0 Å². The molecule has 2 N–H and O–H groups in total. The summed E-state index contributed by atoms with van der Waals surface area (Å²) in [6, 6.07) is 8.93. The Balaban J connectivity index is 1.54. The van der Waals surface area contributed by atoms with Gasteiger partial charge in [-0.15, -0.1) is 0 Å². The van der Waals surface area contributed by atoms with E-state index in [0.717, 1.165) is 27.9 Å². The van der Waals surface area contributed by atoms with Crippen molar-refractivity contribution in [3.63, 3.8) is 0 Å². The number of hydrogen-bond donors (Lipinski definition) is 2. The zero-order valence-electron chi connectivity index (χ0n) is 25.9. The van der Waals surface area contributed by atoms with Crippen molar-refractivity contribution in [3.05, 3.63) is 81.2 Å². The second-order valence-electron chi connectivity index (χ2n) is 11.3. The number of fused-ring (bicyclic) bond motifs is 1. The number of hydrogen-bond acceptors (Lipinski definition) is 7. The van der Waals surface area contributed by atoms with E-state index in [0.29, 0.717) is 41.5 Å². The standard InChI is InChI=1S/C32H37F3N6O4/c1-19-14-27(44-4)25(31(43)38-19)17-37-30(42)24-16-26-23(22-6-8-36-28(15-22)45-5)7-9-41(26)29(20(24)2)21(3)40-12-10-39(11-13-40)18-32(33,34)35/h6-9,14-16,21H,10-13,17-18H2,1-5H3,(H,37,42)(H,38,43)/t21-/m1/s1. The predicted octanol–water partition coefficient (Wildman–Crippen LogP) is 4.49. The van der Waals surface area contributed by atoms with Crippen molar-refractivity contribution in [1.82, 2.24) is 29.5 Å². The lowest BCUT2D eigenvalue weighted by Crippen LogP contribution is -2.49. The molecule has 1 amide bonds. The third-order valence-corrected chi connectivity index (χ3v) is 8.38. The van der Waals surface area contributed by atoms with E-state index < -0.39 is 12.7 Å². The number of halogens is 3. The number of alkyl halides is 3. The lowest BCUT2D eigenvalue weighted by Gasteiger charge is -2.39. The molecule has 1 aliphatic heterocycles. The smallest absolute Gasteiger partial charge is 0.401 e. The van der Waals surface area contributed by atoms with Crippen LogP contribution in [-0.2, 0) is 6.54 Å². The number of carbonyl (C=O) groups is 1. The van der Waals surface area contributed by atoms with E-state index in [1.807, 2.05) is 48.7 Å². The van der Waals surface area contributed by atoms with Crippen LogP contribution in [-0.4, -0.2) is 83.2 Å². The molecule has 4 aromatic rings. The molecule has 13 heteroatoms. The summed E-state index contributed by atoms with van der Waals surface area (Å²) in [5.74, 6) is 0.447. The third-order valence-electron chi connectivity index (χ3n) is 8.38. The highest BCUT2D eigenvalue weighted by Crippen LogP contribution is 2.35. The quantitative estimate of drug-likeness (QED) is 0.282. The van der Waals surface area contributed by atoms with Crippen molar-refractivity contribution >= 4 is 11.4 Å². The van der Waals surface area contributed by atoms with Gasteiger partial charge in [-0.3, -0.25) is 19.4 Å². The lowest BCUT2D eigenvalue weighted by molar-refractivity contribution is -0.149. The number of methoxy groups -OCH3 is 2. The molecule has 45 heavy (non-hydrogen) atoms. The van der Waals surface area contributed by atoms with Gasteiger partial charge >= 0.3 is 6.18 Å². The number of aromatic amines is 1. The van der Waals surface area contributed by atoms with Crippen LogP contribution in [0.3, 0.4) is 0 Å². The van der Waals surface area contributed by atoms with Crippen molar-refractivity contribution in [1.29, 1.82) is 0 Å². The molecule has 5 rings (SSSR count). The Bertz CT molecular complexity index is 1760. The predicted molar refractivity (Wildman–Crippen MR) is 164 cm³/mol. The first-order valence-corrected chi connectivity index (χ1v) is 14.6. The Morgan fingerprint density at radius 3 is 2.49 bits per heavy atom. The SMILES string of the molecule is COc1cc(-c2ccn3c([C@@H](C)N4CCN(CC(F)(F)F)CC4)c(C)c(C(=O)NCc4c(OC)cc(C)[nH]c4=O)cc23)ccn1. The van der Waals surface area contributed by atoms with Crippen LogP contribution in [0, 0.1) is 13.8 Å². The van der Waals surface area contributed by atoms with Gasteiger partial charge in [0.1, 0.15) is 5.75 Å². The fourth-order valence-electron chi connectivity index (χ4n) is 6.08. The Hall–Kier alpha value is -4.36. The molecule has 0 saturated carbocycles. The number of pyridine rings is 3. The molecule has 0 bridgehead atoms. The number of carbonyl (C=O) groups excluding carboxylic acids is 1. The maximum Gasteiger partial charge on any atom is 0.401 e. The van der Waals surface area contributed by atoms with Crippen molar-refractivity contribution in [2.75, 3.05) is 46.9 Å². The van der Waals surface area contributed by atoms with E-state index in [-0.39, 0.29) is 37.1 Å². The van der Waals surface area contributed by atoms with Gasteiger partial charge in [-0.05, 0) is 56.2 Å². The summed E-state index contributed by atoms with van der Waals surface area (Å²) < 4.78 is 51.8. The molecule has 0 aromatic carbocycles. The number of aromatic nitrogens is 3. The molecule has 10 nitrogen and oxygen atoms in total. The van der Waals surface area contributed by atoms with E-state index >= 15 is 0 Å². The van der Waals surface area contributed by atoms with Gasteiger partial charge < -0.3 is 24.2 Å². The highest BCUT2D eigenvalue weighted by atomic mass is 19.4. The number of amides is 1. The molecule has 240 valence electrons. The van der Waals surface area contributed by atoms with E-state index in [2.05, 4.69) is 20.2 Å². The maximum absolute atomic E-state index is 13.8. The number of piperazine rings is 1. The molecule has 1 atom stereocenters. The van der Waals surface area contributed by atoms with Crippen LogP contribution in [0.4, 0.5) is 13.2 Å². The third kappa shape index (κ3) is 6.84. The normalized spacial score (nSPS) is 15.3. The van der Waals surface area contributed by atoms with Crippen LogP contribution in [0.15, 0.2) is 47.5 Å². The van der Waals surface area contributed by atoms with Gasteiger partial charge in [0.25, 0.3) is 11.5 Å². The van der Waals surface area contributed by atoms with Crippen LogP contribution in [0.25, 0.3) is 16.6 Å². The summed E-state index contributed by atoms with van der Waals surface area (Å²) >= 11 is 0. The first-order valence-electron chi connectivity index (χ1n) is 14.6. The maximum atomic E-state index is 13.8. The van der Waals surface area contributed by atoms with Crippen molar-refractivity contribution in [3.8, 4) is 22.8 Å². The molecule has 1 fully saturated rings. The zero-order valence-corrected chi connectivity index (χ0v) is 25.9. The minimum Gasteiger partial charge on any atom is -0.496 e. The molecule has 0 aliphatic carbocycles. The van der Waals surface area contributed by atoms with Gasteiger partial charge in [0.2, 0.25) is 5.88 Å². The highest BCUT2D eigenvalue weighted by Gasteiger charge is 2.34. The average molecular weight is 627 g/mol. The minimum absolute atomic E-state index is 0.0519. The largest absolute Gasteiger partial charge is 0.496 e. The second-order valence-corrected chi connectivity index (χ2v) is 11.3. The molecule has 0 spiro atoms. The molecule has 1 aliphatic rings. The zero-order chi connectivity index (χ0) is 32.5. The number of ether oxygens (including phenoxy) is 2. The molecule has 0 radical (unpaired) electrons. The van der Waals surface area contributed by atoms with Crippen LogP contribution in [0.1, 0.15) is 45.8 Å². The van der Waals surface area contributed by atoms with Crippen LogP contribution >= 0.6 is 0 Å². The number of nitrogens with zero attached hydrogens (tertiary/aromatic N) is 4. The summed E-state index contributed by atoms with van der Waals surface area (Å²) in [6.07, 6.45) is -0.659. The molecular formula is C32H37F3N6O4. The van der Waals surface area contributed by atoms with Gasteiger partial charge in [0.05, 0.1) is 38.4 Å². The van der Waals surface area contributed by atoms with Gasteiger partial charge in [-0.25, -0.2) is 4.98 Å². The van der Waals surface area contributed by atoms with Crippen LogP contribution < -0.4 is 20.3 Å². The van der Waals surface area contributed by atoms with Crippen molar-refractivity contribution in [2.24, 2.45) is 0 Å². The molecule has 4 aromatic heterocycles. The van der Waals surface area contributed by atoms with E-state index in [1.165, 1.54) is 19.1 Å². The number of nitrogens with one attached hydrogen (secondary N) is 2. The number of aryl methyl sites for hydroxylation is 1. The monoisotopic (exact) mass is 626 g/mol. The first kappa shape index (κ1) is 32.0. The first-order chi connectivity index (χ1) is 21.4. The van der Waals surface area contributed by atoms with Gasteiger partial charge in [-0.1, -0.05) is 0 Å². The minimum atomic E-state index is -4.25. The number of H-pyrrole nitrogens is 1. The van der Waals surface area contributed by atoms with Gasteiger partial charge in [0, 0.05) is 73.2 Å². The van der Waals surface area contributed by atoms with Crippen LogP contribution in [0.5, 0.6) is 11.6 Å². The topological polar surface area (TPSA) is 104 Å². The van der Waals surface area contributed by atoms with Crippen molar-refractivity contribution < 1.29 is 27.4 Å². The van der Waals surface area contributed by atoms with Gasteiger partial charge in [-0.2, -0.15) is 13.2 Å². The Morgan fingerprint density at radius 1 is 1.09 bits per heavy atom. The summed E-state index contributed by atoms with van der Waals surface area (Å²) in [6.45, 7) is 6.10. The Morgan fingerprint density at radius 2 is 1.82 bits per heavy atom. The van der Waals surface area contributed by atoms with E-state index in [4.69, 9.17) is 9.47 Å². The highest BCUT2D eigenvalue weighted by molar-refractivity contribution is 5.98. The Labute approximate surface area is 258 Å². The Kier molecular flexibility index (Phi) is 9.21. The van der Waals surface area contributed by atoms with Crippen molar-refractivity contribution in [2.45, 2.75) is 39.5 Å². The molecule has 0 unspecified atom stereocenters. The fraction of sp³-hybridized carbons (Fsp3) is 0.406. The average Bonchev–Trinajstić information content (AvgIpc) is 3.42. The summed E-state index contributed by atoms with van der Waals surface area (Å²) in [7, 11) is 3.01. The van der Waals surface area contributed by atoms with E-state index in [9.17, 15) is 22.8 Å². The fourth-order valence-corrected chi connectivity index (χ4v) is 6.08. The van der Waals surface area contributed by atoms with Gasteiger partial charge in [0.15, 0.2) is 0 Å². The summed E-state index contributed by atoms with van der Waals surface area (Å²) in [5.41, 5.74) is 5.04.